The first kappa shape index (κ1) is 32.8. The average Bonchev–Trinajstić information content (AvgIpc) is 2.69. The third-order valence-electron chi connectivity index (χ3n) is 4.60. The molecule has 2 N–H and O–H groups in total. The number of aliphatic carboxylic acids is 2. The Bertz CT molecular complexity index is 762. The Hall–Kier alpha value is -2.25. The van der Waals surface area contributed by atoms with E-state index in [9.17, 15) is 26.3 Å². The van der Waals surface area contributed by atoms with E-state index in [0.29, 0.717) is 0 Å². The van der Waals surface area contributed by atoms with E-state index in [0.717, 1.165) is 29.8 Å². The number of rotatable bonds is 6. The molecule has 1 aromatic carbocycles. The number of halogens is 7. The molecule has 1 saturated heterocycles. The Labute approximate surface area is 204 Å². The van der Waals surface area contributed by atoms with Crippen LogP contribution in [0.5, 0.6) is 5.75 Å². The predicted octanol–water partition coefficient (Wildman–Crippen LogP) is 4.65. The number of carboxylic acids is 2. The van der Waals surface area contributed by atoms with E-state index in [4.69, 9.17) is 36.1 Å². The maximum atomic E-state index is 10.6. The normalized spacial score (nSPS) is 15.9. The standard InChI is InChI=1S/C17H27ClN2O.2C2HF3O2/c1-14(21-17-6-4-5-16(18)11-17)12-20(3)13-15-7-9-19(2)10-8-15;2*3-2(4,5)1(6)7/h4-6,11,14-15H,7-10,12-13H2,1-3H3;2*(H,6,7). The molecule has 202 valence electrons. The smallest absolute Gasteiger partial charge is 0.489 e. The summed E-state index contributed by atoms with van der Waals surface area (Å²) >= 11 is 5.98. The Morgan fingerprint density at radius 3 is 1.97 bits per heavy atom. The van der Waals surface area contributed by atoms with Crippen LogP contribution < -0.4 is 4.74 Å². The number of ether oxygens (including phenoxy) is 1. The average molecular weight is 539 g/mol. The zero-order valence-electron chi connectivity index (χ0n) is 19.4. The largest absolute Gasteiger partial charge is 0.490 e. The molecule has 1 aromatic rings. The molecule has 0 aliphatic carbocycles. The van der Waals surface area contributed by atoms with Crippen LogP contribution in [0.1, 0.15) is 19.8 Å². The highest BCUT2D eigenvalue weighted by atomic mass is 35.5. The first-order valence-corrected chi connectivity index (χ1v) is 10.7. The van der Waals surface area contributed by atoms with Crippen molar-refractivity contribution in [2.24, 2.45) is 5.92 Å². The summed E-state index contributed by atoms with van der Waals surface area (Å²) in [7, 11) is 4.40. The predicted molar refractivity (Wildman–Crippen MR) is 117 cm³/mol. The molecule has 1 heterocycles. The number of carboxylic acid groups (broad SMARTS) is 2. The van der Waals surface area contributed by atoms with Crippen molar-refractivity contribution in [1.82, 2.24) is 9.80 Å². The van der Waals surface area contributed by atoms with Crippen LogP contribution in [0.15, 0.2) is 24.3 Å². The number of hydrogen-bond donors (Lipinski definition) is 2. The lowest BCUT2D eigenvalue weighted by atomic mass is 9.96. The van der Waals surface area contributed by atoms with Crippen LogP contribution in [0, 0.1) is 5.92 Å². The van der Waals surface area contributed by atoms with Crippen molar-refractivity contribution in [2.45, 2.75) is 38.2 Å². The zero-order valence-corrected chi connectivity index (χ0v) is 20.1. The van der Waals surface area contributed by atoms with Gasteiger partial charge >= 0.3 is 24.3 Å². The number of hydrogen-bond acceptors (Lipinski definition) is 5. The van der Waals surface area contributed by atoms with Gasteiger partial charge in [0.25, 0.3) is 0 Å². The molecule has 0 radical (unpaired) electrons. The van der Waals surface area contributed by atoms with Crippen molar-refractivity contribution in [3.8, 4) is 5.75 Å². The molecule has 1 unspecified atom stereocenters. The van der Waals surface area contributed by atoms with Gasteiger partial charge in [0.15, 0.2) is 0 Å². The van der Waals surface area contributed by atoms with Gasteiger partial charge in [0.05, 0.1) is 0 Å². The SMILES string of the molecule is CC(CN(C)CC1CCN(C)CC1)Oc1cccc(Cl)c1.O=C(O)C(F)(F)F.O=C(O)C(F)(F)F. The van der Waals surface area contributed by atoms with E-state index < -0.39 is 24.3 Å². The van der Waals surface area contributed by atoms with Gasteiger partial charge in [0.2, 0.25) is 0 Å². The summed E-state index contributed by atoms with van der Waals surface area (Å²) < 4.78 is 69.4. The van der Waals surface area contributed by atoms with Crippen LogP contribution in [0.4, 0.5) is 26.3 Å². The summed E-state index contributed by atoms with van der Waals surface area (Å²) in [6, 6.07) is 7.62. The van der Waals surface area contributed by atoms with E-state index in [-0.39, 0.29) is 6.10 Å². The molecular weight excluding hydrogens is 510 g/mol. The molecule has 35 heavy (non-hydrogen) atoms. The Kier molecular flexibility index (Phi) is 14.0. The molecule has 1 aliphatic heterocycles. The highest BCUT2D eigenvalue weighted by molar-refractivity contribution is 6.30. The minimum Gasteiger partial charge on any atom is -0.489 e. The van der Waals surface area contributed by atoms with E-state index in [2.05, 4.69) is 30.8 Å². The van der Waals surface area contributed by atoms with Gasteiger partial charge in [-0.1, -0.05) is 17.7 Å². The molecular formula is C21H29ClF6N2O5. The number of likely N-dealkylation sites (tertiary alicyclic amines) is 1. The molecule has 2 rings (SSSR count). The molecule has 0 spiro atoms. The first-order valence-electron chi connectivity index (χ1n) is 10.3. The van der Waals surface area contributed by atoms with Gasteiger partial charge in [0.1, 0.15) is 11.9 Å². The van der Waals surface area contributed by atoms with Crippen molar-refractivity contribution in [2.75, 3.05) is 40.3 Å². The molecule has 1 atom stereocenters. The van der Waals surface area contributed by atoms with Crippen LogP contribution in [-0.4, -0.2) is 90.7 Å². The van der Waals surface area contributed by atoms with Crippen LogP contribution >= 0.6 is 11.6 Å². The van der Waals surface area contributed by atoms with Gasteiger partial charge in [-0.3, -0.25) is 0 Å². The maximum Gasteiger partial charge on any atom is 0.490 e. The lowest BCUT2D eigenvalue weighted by Gasteiger charge is -2.32. The number of likely N-dealkylation sites (N-methyl/N-ethyl adjacent to an activating group) is 1. The molecule has 14 heteroatoms. The van der Waals surface area contributed by atoms with Crippen molar-refractivity contribution in [1.29, 1.82) is 0 Å². The zero-order chi connectivity index (χ0) is 27.4. The second kappa shape index (κ2) is 15.0. The Balaban J connectivity index is 0.000000680. The third kappa shape index (κ3) is 16.1. The van der Waals surface area contributed by atoms with Crippen molar-refractivity contribution < 1.29 is 50.9 Å². The van der Waals surface area contributed by atoms with Crippen molar-refractivity contribution in [3.63, 3.8) is 0 Å². The molecule has 0 bridgehead atoms. The summed E-state index contributed by atoms with van der Waals surface area (Å²) in [6.07, 6.45) is -7.38. The second-order valence-electron chi connectivity index (χ2n) is 7.96. The summed E-state index contributed by atoms with van der Waals surface area (Å²) in [5.41, 5.74) is 0. The highest BCUT2D eigenvalue weighted by Crippen LogP contribution is 2.20. The fourth-order valence-electron chi connectivity index (χ4n) is 3.01. The lowest BCUT2D eigenvalue weighted by Crippen LogP contribution is -2.38. The number of benzene rings is 1. The minimum absolute atomic E-state index is 0.166. The highest BCUT2D eigenvalue weighted by Gasteiger charge is 2.38. The molecule has 0 saturated carbocycles. The lowest BCUT2D eigenvalue weighted by molar-refractivity contribution is -0.193. The van der Waals surface area contributed by atoms with Crippen LogP contribution in [0.25, 0.3) is 0 Å². The summed E-state index contributed by atoms with van der Waals surface area (Å²) in [6.45, 7) is 6.68. The van der Waals surface area contributed by atoms with Crippen LogP contribution in [-0.2, 0) is 9.59 Å². The van der Waals surface area contributed by atoms with E-state index in [1.807, 2.05) is 24.3 Å². The van der Waals surface area contributed by atoms with Gasteiger partial charge in [-0.15, -0.1) is 0 Å². The van der Waals surface area contributed by atoms with Gasteiger partial charge in [-0.05, 0) is 71.1 Å². The molecule has 0 aromatic heterocycles. The fourth-order valence-corrected chi connectivity index (χ4v) is 3.19. The summed E-state index contributed by atoms with van der Waals surface area (Å²) in [5, 5.41) is 15.0. The van der Waals surface area contributed by atoms with Crippen molar-refractivity contribution >= 4 is 23.5 Å². The van der Waals surface area contributed by atoms with E-state index >= 15 is 0 Å². The molecule has 0 amide bonds. The van der Waals surface area contributed by atoms with Crippen LogP contribution in [0.2, 0.25) is 5.02 Å². The van der Waals surface area contributed by atoms with Gasteiger partial charge in [-0.2, -0.15) is 26.3 Å². The number of piperidine rings is 1. The van der Waals surface area contributed by atoms with E-state index in [1.54, 1.807) is 0 Å². The van der Waals surface area contributed by atoms with Gasteiger partial charge < -0.3 is 24.7 Å². The quantitative estimate of drug-likeness (QED) is 0.510. The molecule has 7 nitrogen and oxygen atoms in total. The summed E-state index contributed by atoms with van der Waals surface area (Å²) in [5.74, 6) is -3.84. The third-order valence-corrected chi connectivity index (χ3v) is 4.83. The fraction of sp³-hybridized carbons (Fsp3) is 0.619. The number of carbonyl (C=O) groups is 2. The molecule has 1 fully saturated rings. The minimum atomic E-state index is -5.08. The monoisotopic (exact) mass is 538 g/mol. The molecule has 1 aliphatic rings. The van der Waals surface area contributed by atoms with Crippen molar-refractivity contribution in [3.05, 3.63) is 29.3 Å². The van der Waals surface area contributed by atoms with Gasteiger partial charge in [0, 0.05) is 18.1 Å². The topological polar surface area (TPSA) is 90.3 Å². The van der Waals surface area contributed by atoms with Crippen LogP contribution in [0.3, 0.4) is 0 Å². The first-order chi connectivity index (χ1) is 15.9. The maximum absolute atomic E-state index is 10.6. The second-order valence-corrected chi connectivity index (χ2v) is 8.40. The Morgan fingerprint density at radius 1 is 1.11 bits per heavy atom. The summed E-state index contributed by atoms with van der Waals surface area (Å²) in [4.78, 5) is 22.6. The Morgan fingerprint density at radius 2 is 1.57 bits per heavy atom. The van der Waals surface area contributed by atoms with Gasteiger partial charge in [-0.25, -0.2) is 9.59 Å². The number of nitrogens with zero attached hydrogens (tertiary/aromatic N) is 2. The number of alkyl halides is 6. The van der Waals surface area contributed by atoms with E-state index in [1.165, 1.54) is 25.9 Å².